The second-order valence-corrected chi connectivity index (χ2v) is 5.43. The zero-order chi connectivity index (χ0) is 16.6. The van der Waals surface area contributed by atoms with E-state index in [1.165, 1.54) is 11.1 Å². The Morgan fingerprint density at radius 2 is 1.74 bits per heavy atom. The van der Waals surface area contributed by atoms with Crippen molar-refractivity contribution < 1.29 is 14.4 Å². The molecule has 3 amide bonds. The van der Waals surface area contributed by atoms with Crippen molar-refractivity contribution in [2.24, 2.45) is 11.0 Å². The average Bonchev–Trinajstić information content (AvgIpc) is 2.79. The molecule has 1 fully saturated rings. The molecule has 1 atom stereocenters. The fourth-order valence-corrected chi connectivity index (χ4v) is 2.50. The highest BCUT2D eigenvalue weighted by Crippen LogP contribution is 2.25. The van der Waals surface area contributed by atoms with Crippen LogP contribution in [0.1, 0.15) is 6.92 Å². The third-order valence-corrected chi connectivity index (χ3v) is 3.66. The van der Waals surface area contributed by atoms with Gasteiger partial charge in [0, 0.05) is 0 Å². The third kappa shape index (κ3) is 2.76. The van der Waals surface area contributed by atoms with Crippen molar-refractivity contribution in [3.63, 3.8) is 0 Å². The summed E-state index contributed by atoms with van der Waals surface area (Å²) in [6.45, 7) is 1.67. The van der Waals surface area contributed by atoms with Gasteiger partial charge in [-0.25, -0.2) is 0 Å². The van der Waals surface area contributed by atoms with E-state index in [1.54, 1.807) is 31.2 Å². The van der Waals surface area contributed by atoms with Crippen LogP contribution in [-0.4, -0.2) is 28.5 Å². The van der Waals surface area contributed by atoms with Crippen molar-refractivity contribution >= 4 is 46.5 Å². The number of thiocarbonyl (C=S) groups is 1. The molecule has 116 valence electrons. The van der Waals surface area contributed by atoms with Gasteiger partial charge in [-0.05, 0) is 37.4 Å². The smallest absolute Gasteiger partial charge is 0.262 e. The molecule has 8 heteroatoms. The highest BCUT2D eigenvalue weighted by Gasteiger charge is 2.36. The van der Waals surface area contributed by atoms with Gasteiger partial charge in [0.1, 0.15) is 5.57 Å². The van der Waals surface area contributed by atoms with E-state index in [-0.39, 0.29) is 16.6 Å². The third-order valence-electron chi connectivity index (χ3n) is 3.46. The Hall–Kier alpha value is -2.87. The maximum absolute atomic E-state index is 12.5. The molecule has 3 rings (SSSR count). The summed E-state index contributed by atoms with van der Waals surface area (Å²) < 4.78 is 0. The largest absolute Gasteiger partial charge is 0.299 e. The number of hydrazone groups is 1. The number of hydrogen-bond donors (Lipinski definition) is 2. The van der Waals surface area contributed by atoms with Gasteiger partial charge in [0.05, 0.1) is 17.3 Å². The highest BCUT2D eigenvalue weighted by atomic mass is 32.1. The van der Waals surface area contributed by atoms with Crippen molar-refractivity contribution in [3.8, 4) is 0 Å². The maximum Gasteiger partial charge on any atom is 0.262 e. The van der Waals surface area contributed by atoms with E-state index < -0.39 is 17.7 Å². The normalized spacial score (nSPS) is 21.1. The average molecular weight is 328 g/mol. The van der Waals surface area contributed by atoms with Gasteiger partial charge in [0.25, 0.3) is 17.7 Å². The Bertz CT molecular complexity index is 763. The van der Waals surface area contributed by atoms with Gasteiger partial charge >= 0.3 is 0 Å². The lowest BCUT2D eigenvalue weighted by Gasteiger charge is -2.17. The molecule has 1 aromatic carbocycles. The number of benzene rings is 1. The van der Waals surface area contributed by atoms with Crippen molar-refractivity contribution in [2.45, 2.75) is 6.92 Å². The van der Waals surface area contributed by atoms with Crippen molar-refractivity contribution in [1.82, 2.24) is 10.6 Å². The predicted octanol–water partition coefficient (Wildman–Crippen LogP) is 0.483. The molecule has 1 saturated heterocycles. The van der Waals surface area contributed by atoms with Crippen molar-refractivity contribution in [1.29, 1.82) is 0 Å². The maximum atomic E-state index is 12.5. The van der Waals surface area contributed by atoms with Crippen LogP contribution in [0.2, 0.25) is 0 Å². The number of rotatable bonds is 2. The summed E-state index contributed by atoms with van der Waals surface area (Å²) >= 11 is 4.73. The SMILES string of the molecule is CC1=NN(c2ccccc2)C(=O)[C@@H]1C=C1C(=O)NC(=S)NC1=O. The van der Waals surface area contributed by atoms with Crippen LogP contribution in [0.3, 0.4) is 0 Å². The van der Waals surface area contributed by atoms with Crippen LogP contribution in [0.15, 0.2) is 47.1 Å². The minimum atomic E-state index is -0.770. The van der Waals surface area contributed by atoms with Crippen LogP contribution in [0.25, 0.3) is 0 Å². The van der Waals surface area contributed by atoms with E-state index in [1.807, 2.05) is 6.07 Å². The first-order valence-corrected chi connectivity index (χ1v) is 7.21. The Morgan fingerprint density at radius 1 is 1.13 bits per heavy atom. The number of carbonyl (C=O) groups excluding carboxylic acids is 3. The molecular weight excluding hydrogens is 316 g/mol. The fourth-order valence-electron chi connectivity index (χ4n) is 2.32. The summed E-state index contributed by atoms with van der Waals surface area (Å²) in [5.74, 6) is -2.35. The molecule has 0 aromatic heterocycles. The van der Waals surface area contributed by atoms with E-state index in [9.17, 15) is 14.4 Å². The van der Waals surface area contributed by atoms with Gasteiger partial charge in [-0.1, -0.05) is 18.2 Å². The number of anilines is 1. The zero-order valence-corrected chi connectivity index (χ0v) is 12.9. The lowest BCUT2D eigenvalue weighted by Crippen LogP contribution is -2.51. The van der Waals surface area contributed by atoms with Gasteiger partial charge in [0.15, 0.2) is 5.11 Å². The summed E-state index contributed by atoms with van der Waals surface area (Å²) in [6.07, 6.45) is 1.32. The van der Waals surface area contributed by atoms with Crippen LogP contribution in [0, 0.1) is 5.92 Å². The second kappa shape index (κ2) is 5.73. The van der Waals surface area contributed by atoms with Gasteiger partial charge in [-0.15, -0.1) is 0 Å². The van der Waals surface area contributed by atoms with E-state index in [4.69, 9.17) is 12.2 Å². The number of nitrogens with one attached hydrogen (secondary N) is 2. The molecular formula is C15H12N4O3S. The number of nitrogens with zero attached hydrogens (tertiary/aromatic N) is 2. The summed E-state index contributed by atoms with van der Waals surface area (Å²) in [5.41, 5.74) is 0.970. The summed E-state index contributed by atoms with van der Waals surface area (Å²) in [7, 11) is 0. The molecule has 0 unspecified atom stereocenters. The predicted molar refractivity (Wildman–Crippen MR) is 87.5 cm³/mol. The zero-order valence-electron chi connectivity index (χ0n) is 12.1. The second-order valence-electron chi connectivity index (χ2n) is 5.02. The number of para-hydroxylation sites is 1. The van der Waals surface area contributed by atoms with Crippen LogP contribution < -0.4 is 15.6 Å². The molecule has 0 bridgehead atoms. The van der Waals surface area contributed by atoms with Crippen LogP contribution in [-0.2, 0) is 14.4 Å². The lowest BCUT2D eigenvalue weighted by atomic mass is 9.99. The van der Waals surface area contributed by atoms with Crippen molar-refractivity contribution in [3.05, 3.63) is 42.0 Å². The minimum absolute atomic E-state index is 0.0498. The van der Waals surface area contributed by atoms with Gasteiger partial charge < -0.3 is 0 Å². The van der Waals surface area contributed by atoms with Crippen molar-refractivity contribution in [2.75, 3.05) is 5.01 Å². The molecule has 2 aliphatic rings. The lowest BCUT2D eigenvalue weighted by molar-refractivity contribution is -0.123. The molecule has 2 N–H and O–H groups in total. The highest BCUT2D eigenvalue weighted by molar-refractivity contribution is 7.80. The number of carbonyl (C=O) groups is 3. The Kier molecular flexibility index (Phi) is 3.75. The number of hydrogen-bond acceptors (Lipinski definition) is 5. The first kappa shape index (κ1) is 15.0. The first-order chi connectivity index (χ1) is 11.0. The molecule has 2 heterocycles. The molecule has 0 saturated carbocycles. The monoisotopic (exact) mass is 328 g/mol. The molecule has 1 aromatic rings. The van der Waals surface area contributed by atoms with E-state index in [2.05, 4.69) is 15.7 Å². The Labute approximate surface area is 137 Å². The standard InChI is InChI=1S/C15H12N4O3S/c1-8-10(7-11-12(20)16-15(23)17-13(11)21)14(22)19(18-8)9-5-3-2-4-6-9/h2-7,10H,1H3,(H2,16,17,20,21,23)/t10-/m1/s1. The molecule has 23 heavy (non-hydrogen) atoms. The fraction of sp³-hybridized carbons (Fsp3) is 0.133. The Balaban J connectivity index is 1.90. The Morgan fingerprint density at radius 3 is 2.35 bits per heavy atom. The van der Waals surface area contributed by atoms with Gasteiger partial charge in [0.2, 0.25) is 0 Å². The molecule has 0 radical (unpaired) electrons. The van der Waals surface area contributed by atoms with Crippen LogP contribution >= 0.6 is 12.2 Å². The van der Waals surface area contributed by atoms with Crippen LogP contribution in [0.5, 0.6) is 0 Å². The van der Waals surface area contributed by atoms with E-state index in [0.29, 0.717) is 11.4 Å². The van der Waals surface area contributed by atoms with Gasteiger partial charge in [-0.3, -0.25) is 25.0 Å². The molecule has 7 nitrogen and oxygen atoms in total. The quantitative estimate of drug-likeness (QED) is 0.469. The first-order valence-electron chi connectivity index (χ1n) is 6.80. The molecule has 0 spiro atoms. The van der Waals surface area contributed by atoms with Crippen LogP contribution in [0.4, 0.5) is 5.69 Å². The van der Waals surface area contributed by atoms with E-state index >= 15 is 0 Å². The summed E-state index contributed by atoms with van der Waals surface area (Å²) in [4.78, 5) is 36.3. The summed E-state index contributed by atoms with van der Waals surface area (Å²) in [5, 5.41) is 10.1. The van der Waals surface area contributed by atoms with E-state index in [0.717, 1.165) is 0 Å². The minimum Gasteiger partial charge on any atom is -0.299 e. The topological polar surface area (TPSA) is 90.9 Å². The molecule has 2 aliphatic heterocycles. The molecule has 0 aliphatic carbocycles. The number of amides is 3. The summed E-state index contributed by atoms with van der Waals surface area (Å²) in [6, 6.07) is 8.93. The van der Waals surface area contributed by atoms with Gasteiger partial charge in [-0.2, -0.15) is 10.1 Å².